The van der Waals surface area contributed by atoms with Gasteiger partial charge in [-0.2, -0.15) is 0 Å². The van der Waals surface area contributed by atoms with E-state index >= 15 is 0 Å². The zero-order valence-electron chi connectivity index (χ0n) is 5.32. The topological polar surface area (TPSA) is 0 Å². The summed E-state index contributed by atoms with van der Waals surface area (Å²) in [6.45, 7) is 4.30. The van der Waals surface area contributed by atoms with Gasteiger partial charge >= 0.3 is 0 Å². The Morgan fingerprint density at radius 2 is 2.12 bits per heavy atom. The number of halogens is 1. The number of hydrogen-bond acceptors (Lipinski definition) is 0. The Bertz CT molecular complexity index is 114. The molecule has 1 unspecified atom stereocenters. The maximum absolute atomic E-state index is 11.4. The fourth-order valence-electron chi connectivity index (χ4n) is 0.924. The van der Waals surface area contributed by atoms with Crippen LogP contribution in [-0.4, -0.2) is 0 Å². The maximum Gasteiger partial charge on any atom is 0.0830 e. The number of hydrogen-bond donors (Lipinski definition) is 0. The SMILES string of the molecule is CC1(C)CC1C=CF. The molecule has 1 aliphatic carbocycles. The Labute approximate surface area is 49.4 Å². The van der Waals surface area contributed by atoms with Gasteiger partial charge in [0.1, 0.15) is 0 Å². The molecule has 0 radical (unpaired) electrons. The lowest BCUT2D eigenvalue weighted by molar-refractivity contribution is 0.602. The van der Waals surface area contributed by atoms with Gasteiger partial charge < -0.3 is 0 Å². The molecule has 1 saturated carbocycles. The summed E-state index contributed by atoms with van der Waals surface area (Å²) < 4.78 is 11.4. The molecule has 0 amide bonds. The summed E-state index contributed by atoms with van der Waals surface area (Å²) in [5.74, 6) is 0.507. The fourth-order valence-corrected chi connectivity index (χ4v) is 0.924. The number of rotatable bonds is 1. The summed E-state index contributed by atoms with van der Waals surface area (Å²) in [4.78, 5) is 0. The molecule has 0 aromatic heterocycles. The third kappa shape index (κ3) is 0.908. The summed E-state index contributed by atoms with van der Waals surface area (Å²) in [5, 5.41) is 0. The van der Waals surface area contributed by atoms with E-state index in [0.29, 0.717) is 17.7 Å². The predicted octanol–water partition coefficient (Wildman–Crippen LogP) is 2.52. The van der Waals surface area contributed by atoms with E-state index in [9.17, 15) is 4.39 Å². The van der Waals surface area contributed by atoms with E-state index < -0.39 is 0 Å². The standard InChI is InChI=1S/C7H11F/c1-7(2)5-6(7)3-4-8/h3-4,6H,5H2,1-2H3. The number of allylic oxidation sites excluding steroid dienone is 1. The summed E-state index contributed by atoms with van der Waals surface area (Å²) in [6, 6.07) is 0. The van der Waals surface area contributed by atoms with Gasteiger partial charge in [-0.1, -0.05) is 19.9 Å². The Morgan fingerprint density at radius 3 is 2.25 bits per heavy atom. The molecule has 1 fully saturated rings. The van der Waals surface area contributed by atoms with Crippen molar-refractivity contribution in [2.75, 3.05) is 0 Å². The molecule has 0 nitrogen and oxygen atoms in total. The molecule has 0 bridgehead atoms. The van der Waals surface area contributed by atoms with Crippen LogP contribution in [0.15, 0.2) is 12.4 Å². The molecule has 0 aromatic carbocycles. The van der Waals surface area contributed by atoms with Gasteiger partial charge in [0.15, 0.2) is 0 Å². The molecular formula is C7H11F. The quantitative estimate of drug-likeness (QED) is 0.491. The average molecular weight is 114 g/mol. The van der Waals surface area contributed by atoms with Crippen LogP contribution in [0, 0.1) is 11.3 Å². The summed E-state index contributed by atoms with van der Waals surface area (Å²) >= 11 is 0. The second-order valence-electron chi connectivity index (χ2n) is 3.12. The molecule has 1 atom stereocenters. The Balaban J connectivity index is 2.37. The van der Waals surface area contributed by atoms with Gasteiger partial charge in [0.2, 0.25) is 0 Å². The van der Waals surface area contributed by atoms with E-state index in [0.717, 1.165) is 6.42 Å². The van der Waals surface area contributed by atoms with Gasteiger partial charge in [-0.25, -0.2) is 4.39 Å². The van der Waals surface area contributed by atoms with Crippen molar-refractivity contribution in [3.05, 3.63) is 12.4 Å². The first-order valence-electron chi connectivity index (χ1n) is 2.94. The molecule has 46 valence electrons. The smallest absolute Gasteiger partial charge is 0.0830 e. The van der Waals surface area contributed by atoms with Gasteiger partial charge in [0.05, 0.1) is 6.33 Å². The lowest BCUT2D eigenvalue weighted by Crippen LogP contribution is -1.84. The highest BCUT2D eigenvalue weighted by atomic mass is 19.1. The van der Waals surface area contributed by atoms with Crippen molar-refractivity contribution in [1.29, 1.82) is 0 Å². The second-order valence-corrected chi connectivity index (χ2v) is 3.12. The van der Waals surface area contributed by atoms with Crippen LogP contribution >= 0.6 is 0 Å². The van der Waals surface area contributed by atoms with Gasteiger partial charge in [-0.05, 0) is 17.8 Å². The van der Waals surface area contributed by atoms with Crippen LogP contribution in [0.4, 0.5) is 4.39 Å². The largest absolute Gasteiger partial charge is 0.216 e. The van der Waals surface area contributed by atoms with Crippen molar-refractivity contribution in [2.45, 2.75) is 20.3 Å². The normalized spacial score (nSPS) is 33.6. The molecule has 8 heavy (non-hydrogen) atoms. The van der Waals surface area contributed by atoms with Crippen molar-refractivity contribution < 1.29 is 4.39 Å². The zero-order chi connectivity index (χ0) is 6.20. The first-order chi connectivity index (χ1) is 3.67. The van der Waals surface area contributed by atoms with Gasteiger partial charge in [-0.3, -0.25) is 0 Å². The van der Waals surface area contributed by atoms with Gasteiger partial charge in [-0.15, -0.1) is 0 Å². The minimum Gasteiger partial charge on any atom is -0.216 e. The van der Waals surface area contributed by atoms with E-state index in [4.69, 9.17) is 0 Å². The Hall–Kier alpha value is -0.330. The van der Waals surface area contributed by atoms with Crippen molar-refractivity contribution in [1.82, 2.24) is 0 Å². The lowest BCUT2D eigenvalue weighted by atomic mass is 10.1. The molecule has 1 aliphatic rings. The summed E-state index contributed by atoms with van der Waals surface area (Å²) in [6.07, 6.45) is 3.44. The maximum atomic E-state index is 11.4. The molecule has 0 aliphatic heterocycles. The minimum atomic E-state index is 0.391. The van der Waals surface area contributed by atoms with Crippen LogP contribution in [0.5, 0.6) is 0 Å². The van der Waals surface area contributed by atoms with E-state index in [1.807, 2.05) is 0 Å². The van der Waals surface area contributed by atoms with Crippen molar-refractivity contribution in [3.63, 3.8) is 0 Å². The third-order valence-electron chi connectivity index (χ3n) is 1.89. The zero-order valence-corrected chi connectivity index (χ0v) is 5.32. The molecule has 1 heteroatoms. The highest BCUT2D eigenvalue weighted by Crippen LogP contribution is 2.52. The Morgan fingerprint density at radius 1 is 1.62 bits per heavy atom. The van der Waals surface area contributed by atoms with Gasteiger partial charge in [0.25, 0.3) is 0 Å². The van der Waals surface area contributed by atoms with E-state index in [1.54, 1.807) is 6.08 Å². The second kappa shape index (κ2) is 1.57. The van der Waals surface area contributed by atoms with Crippen LogP contribution in [0.3, 0.4) is 0 Å². The van der Waals surface area contributed by atoms with E-state index in [-0.39, 0.29) is 0 Å². The minimum absolute atomic E-state index is 0.391. The summed E-state index contributed by atoms with van der Waals surface area (Å²) in [5.41, 5.74) is 0.391. The van der Waals surface area contributed by atoms with E-state index in [2.05, 4.69) is 13.8 Å². The molecule has 0 N–H and O–H groups in total. The third-order valence-corrected chi connectivity index (χ3v) is 1.89. The molecule has 0 aromatic rings. The highest BCUT2D eigenvalue weighted by molar-refractivity contribution is 5.05. The summed E-state index contributed by atoms with van der Waals surface area (Å²) in [7, 11) is 0. The molecule has 0 spiro atoms. The van der Waals surface area contributed by atoms with E-state index in [1.165, 1.54) is 0 Å². The van der Waals surface area contributed by atoms with Crippen LogP contribution in [0.25, 0.3) is 0 Å². The van der Waals surface area contributed by atoms with Crippen molar-refractivity contribution >= 4 is 0 Å². The molecule has 0 heterocycles. The first kappa shape index (κ1) is 5.80. The van der Waals surface area contributed by atoms with Crippen LogP contribution in [0.1, 0.15) is 20.3 Å². The van der Waals surface area contributed by atoms with Crippen LogP contribution in [0.2, 0.25) is 0 Å². The first-order valence-corrected chi connectivity index (χ1v) is 2.94. The Kier molecular flexibility index (Phi) is 1.14. The molecule has 0 saturated heterocycles. The predicted molar refractivity (Wildman–Crippen MR) is 32.1 cm³/mol. The molecule has 1 rings (SSSR count). The average Bonchev–Trinajstić information content (AvgIpc) is 2.15. The van der Waals surface area contributed by atoms with Crippen LogP contribution < -0.4 is 0 Å². The monoisotopic (exact) mass is 114 g/mol. The highest BCUT2D eigenvalue weighted by Gasteiger charge is 2.43. The lowest BCUT2D eigenvalue weighted by Gasteiger charge is -1.93. The van der Waals surface area contributed by atoms with Crippen molar-refractivity contribution in [3.8, 4) is 0 Å². The fraction of sp³-hybridized carbons (Fsp3) is 0.714. The van der Waals surface area contributed by atoms with Crippen molar-refractivity contribution in [2.24, 2.45) is 11.3 Å². The van der Waals surface area contributed by atoms with Crippen LogP contribution in [-0.2, 0) is 0 Å². The van der Waals surface area contributed by atoms with Gasteiger partial charge in [0, 0.05) is 0 Å². The molecular weight excluding hydrogens is 103 g/mol.